The minimum absolute atomic E-state index is 0.0931. The number of rotatable bonds is 2. The molecular weight excluding hydrogens is 344 g/mol. The maximum atomic E-state index is 9.12. The lowest BCUT2D eigenvalue weighted by Crippen LogP contribution is -2.15. The van der Waals surface area contributed by atoms with Gasteiger partial charge in [-0.2, -0.15) is 0 Å². The van der Waals surface area contributed by atoms with E-state index in [1.807, 2.05) is 6.08 Å². The molecule has 1 N–H and O–H groups in total. The number of hydrogen-bond acceptors (Lipinski definition) is 2. The Morgan fingerprint density at radius 3 is 2.45 bits per heavy atom. The van der Waals surface area contributed by atoms with Gasteiger partial charge < -0.3 is 14.4 Å². The Hall–Kier alpha value is -0.420. The van der Waals surface area contributed by atoms with Gasteiger partial charge in [0, 0.05) is 5.39 Å². The average molecular weight is 353 g/mol. The van der Waals surface area contributed by atoms with Crippen LogP contribution in [0.2, 0.25) is 20.2 Å². The molecule has 2 heterocycles. The minimum Gasteiger partial charge on any atom is -0.393 e. The number of hydrogen-bond donors (Lipinski definition) is 1. The lowest BCUT2D eigenvalue weighted by Gasteiger charge is -2.16. The predicted molar refractivity (Wildman–Crippen MR) is 82.1 cm³/mol. The summed E-state index contributed by atoms with van der Waals surface area (Å²) in [7, 11) is 0. The van der Waals surface area contributed by atoms with Gasteiger partial charge in [0.15, 0.2) is 6.23 Å². The Balaban J connectivity index is 2.18. The van der Waals surface area contributed by atoms with Crippen LogP contribution in [0.5, 0.6) is 0 Å². The molecule has 0 saturated carbocycles. The van der Waals surface area contributed by atoms with Crippen LogP contribution in [0.3, 0.4) is 0 Å². The molecule has 0 bridgehead atoms. The van der Waals surface area contributed by atoms with Crippen molar-refractivity contribution in [1.82, 2.24) is 4.57 Å². The van der Waals surface area contributed by atoms with Crippen LogP contribution in [0.15, 0.2) is 24.3 Å². The molecule has 0 amide bonds. The molecule has 0 aliphatic carbocycles. The molecule has 0 fully saturated rings. The third-order valence-corrected chi connectivity index (χ3v) is 4.74. The summed E-state index contributed by atoms with van der Waals surface area (Å²) in [6.45, 7) is -0.0931. The monoisotopic (exact) mass is 351 g/mol. The van der Waals surface area contributed by atoms with E-state index in [1.165, 1.54) is 0 Å². The van der Waals surface area contributed by atoms with Crippen LogP contribution in [0, 0.1) is 0 Å². The molecule has 2 aromatic rings. The standard InChI is InChI=1S/C13H9Cl4NO2/c14-8-3-7-10(4-9(8)15)18(13(17)12(7)16)11-2-1-6(5-19)20-11/h1-4,6,11,19H,5H2/t6-,11+/m0/s1. The first-order valence-corrected chi connectivity index (χ1v) is 7.32. The van der Waals surface area contributed by atoms with E-state index in [0.29, 0.717) is 25.6 Å². The summed E-state index contributed by atoms with van der Waals surface area (Å²) in [6.07, 6.45) is 2.80. The Bertz CT molecular complexity index is 710. The summed E-state index contributed by atoms with van der Waals surface area (Å²) >= 11 is 24.6. The van der Waals surface area contributed by atoms with Gasteiger partial charge in [0.05, 0.1) is 27.2 Å². The molecule has 3 nitrogen and oxygen atoms in total. The van der Waals surface area contributed by atoms with Gasteiger partial charge in [-0.25, -0.2) is 0 Å². The SMILES string of the molecule is OC[C@@H]1C=C[C@H](n2c(Cl)c(Cl)c3cc(Cl)c(Cl)cc32)O1. The van der Waals surface area contributed by atoms with E-state index in [9.17, 15) is 0 Å². The van der Waals surface area contributed by atoms with E-state index in [2.05, 4.69) is 0 Å². The number of fused-ring (bicyclic) bond motifs is 1. The topological polar surface area (TPSA) is 34.4 Å². The van der Waals surface area contributed by atoms with E-state index >= 15 is 0 Å². The van der Waals surface area contributed by atoms with Gasteiger partial charge in [-0.1, -0.05) is 52.5 Å². The Kier molecular flexibility index (Phi) is 3.93. The van der Waals surface area contributed by atoms with Crippen molar-refractivity contribution < 1.29 is 9.84 Å². The lowest BCUT2D eigenvalue weighted by atomic mass is 10.2. The third-order valence-electron chi connectivity index (χ3n) is 3.17. The van der Waals surface area contributed by atoms with Crippen LogP contribution in [0.25, 0.3) is 10.9 Å². The van der Waals surface area contributed by atoms with Crippen molar-refractivity contribution >= 4 is 57.3 Å². The van der Waals surface area contributed by atoms with Gasteiger partial charge in [-0.05, 0) is 18.2 Å². The highest BCUT2D eigenvalue weighted by Crippen LogP contribution is 2.41. The largest absolute Gasteiger partial charge is 0.393 e. The molecule has 0 unspecified atom stereocenters. The summed E-state index contributed by atoms with van der Waals surface area (Å²) in [4.78, 5) is 0. The van der Waals surface area contributed by atoms with Gasteiger partial charge in [-0.3, -0.25) is 0 Å². The van der Waals surface area contributed by atoms with Crippen molar-refractivity contribution in [2.24, 2.45) is 0 Å². The normalized spacial score (nSPS) is 22.1. The second-order valence-corrected chi connectivity index (χ2v) is 5.94. The fraction of sp³-hybridized carbons (Fsp3) is 0.231. The molecule has 7 heteroatoms. The van der Waals surface area contributed by atoms with Crippen molar-refractivity contribution in [1.29, 1.82) is 0 Å². The number of benzene rings is 1. The van der Waals surface area contributed by atoms with Crippen LogP contribution in [0.1, 0.15) is 6.23 Å². The summed E-state index contributed by atoms with van der Waals surface area (Å²) in [5, 5.41) is 11.4. The maximum absolute atomic E-state index is 9.12. The van der Waals surface area contributed by atoms with E-state index in [4.69, 9.17) is 56.2 Å². The zero-order valence-electron chi connectivity index (χ0n) is 9.99. The van der Waals surface area contributed by atoms with Gasteiger partial charge in [0.2, 0.25) is 0 Å². The summed E-state index contributed by atoms with van der Waals surface area (Å²) in [5.41, 5.74) is 0.725. The third kappa shape index (κ3) is 2.23. The Morgan fingerprint density at radius 1 is 1.10 bits per heavy atom. The highest BCUT2D eigenvalue weighted by molar-refractivity contribution is 6.47. The number of nitrogens with zero attached hydrogens (tertiary/aromatic N) is 1. The first-order valence-electron chi connectivity index (χ1n) is 5.81. The van der Waals surface area contributed by atoms with Crippen molar-refractivity contribution in [2.45, 2.75) is 12.3 Å². The molecule has 1 aromatic carbocycles. The molecule has 106 valence electrons. The van der Waals surface area contributed by atoms with Gasteiger partial charge in [0.25, 0.3) is 0 Å². The molecule has 1 aromatic heterocycles. The molecule has 2 atom stereocenters. The molecular formula is C13H9Cl4NO2. The Labute approximate surface area is 135 Å². The minimum atomic E-state index is -0.438. The van der Waals surface area contributed by atoms with Gasteiger partial charge in [-0.15, -0.1) is 0 Å². The van der Waals surface area contributed by atoms with Crippen LogP contribution < -0.4 is 0 Å². The van der Waals surface area contributed by atoms with Crippen LogP contribution in [-0.2, 0) is 4.74 Å². The number of aliphatic hydroxyl groups is 1. The quantitative estimate of drug-likeness (QED) is 0.795. The molecule has 1 aliphatic heterocycles. The van der Waals surface area contributed by atoms with Crippen LogP contribution in [0.4, 0.5) is 0 Å². The van der Waals surface area contributed by atoms with Crippen molar-refractivity contribution in [3.05, 3.63) is 44.5 Å². The molecule has 0 spiro atoms. The van der Waals surface area contributed by atoms with Crippen molar-refractivity contribution in [3.8, 4) is 0 Å². The molecule has 0 saturated heterocycles. The second kappa shape index (κ2) is 5.41. The molecule has 1 aliphatic rings. The van der Waals surface area contributed by atoms with Gasteiger partial charge in [0.1, 0.15) is 11.3 Å². The highest BCUT2D eigenvalue weighted by atomic mass is 35.5. The molecule has 0 radical (unpaired) electrons. The van der Waals surface area contributed by atoms with Crippen molar-refractivity contribution in [2.75, 3.05) is 6.61 Å². The maximum Gasteiger partial charge on any atom is 0.155 e. The summed E-state index contributed by atoms with van der Waals surface area (Å²) in [6, 6.07) is 3.37. The number of ether oxygens (including phenoxy) is 1. The molecule has 3 rings (SSSR count). The number of aromatic nitrogens is 1. The predicted octanol–water partition coefficient (Wildman–Crippen LogP) is 4.70. The van der Waals surface area contributed by atoms with Crippen molar-refractivity contribution in [3.63, 3.8) is 0 Å². The average Bonchev–Trinajstić information content (AvgIpc) is 2.97. The lowest BCUT2D eigenvalue weighted by molar-refractivity contribution is -0.00576. The fourth-order valence-corrected chi connectivity index (χ4v) is 3.08. The first-order chi connectivity index (χ1) is 9.52. The van der Waals surface area contributed by atoms with E-state index in [0.717, 1.165) is 5.52 Å². The summed E-state index contributed by atoms with van der Waals surface area (Å²) < 4.78 is 7.37. The van der Waals surface area contributed by atoms with Crippen LogP contribution in [-0.4, -0.2) is 22.4 Å². The molecule has 20 heavy (non-hydrogen) atoms. The smallest absolute Gasteiger partial charge is 0.155 e. The zero-order chi connectivity index (χ0) is 14.4. The number of halogens is 4. The fourth-order valence-electron chi connectivity index (χ4n) is 2.22. The van der Waals surface area contributed by atoms with Crippen LogP contribution >= 0.6 is 46.4 Å². The van der Waals surface area contributed by atoms with E-state index < -0.39 is 6.23 Å². The second-order valence-electron chi connectivity index (χ2n) is 4.39. The Morgan fingerprint density at radius 2 is 1.80 bits per heavy atom. The first kappa shape index (κ1) is 14.5. The van der Waals surface area contributed by atoms with E-state index in [1.54, 1.807) is 22.8 Å². The summed E-state index contributed by atoms with van der Waals surface area (Å²) in [5.74, 6) is 0. The number of aliphatic hydroxyl groups excluding tert-OH is 1. The van der Waals surface area contributed by atoms with E-state index in [-0.39, 0.29) is 12.7 Å². The van der Waals surface area contributed by atoms with Gasteiger partial charge >= 0.3 is 0 Å². The zero-order valence-corrected chi connectivity index (χ0v) is 13.0. The highest BCUT2D eigenvalue weighted by Gasteiger charge is 2.26.